The lowest BCUT2D eigenvalue weighted by molar-refractivity contribution is 0.0593. The van der Waals surface area contributed by atoms with Crippen molar-refractivity contribution in [3.8, 4) is 17.4 Å². The van der Waals surface area contributed by atoms with Crippen LogP contribution < -0.4 is 5.73 Å². The third-order valence-corrected chi connectivity index (χ3v) is 3.72. The van der Waals surface area contributed by atoms with E-state index in [2.05, 4.69) is 10.1 Å². The van der Waals surface area contributed by atoms with Crippen LogP contribution in [-0.4, -0.2) is 32.4 Å². The summed E-state index contributed by atoms with van der Waals surface area (Å²) in [5.41, 5.74) is 7.35. The van der Waals surface area contributed by atoms with Crippen molar-refractivity contribution < 1.29 is 9.53 Å². The molecule has 3 rings (SSSR count). The molecule has 0 atom stereocenters. The first-order chi connectivity index (χ1) is 11.6. The number of ether oxygens (including phenoxy) is 1. The van der Waals surface area contributed by atoms with E-state index in [1.165, 1.54) is 35.2 Å². The molecule has 1 aromatic carbocycles. The van der Waals surface area contributed by atoms with Gasteiger partial charge in [0.05, 0.1) is 29.1 Å². The van der Waals surface area contributed by atoms with E-state index in [1.807, 2.05) is 6.07 Å². The van der Waals surface area contributed by atoms with E-state index in [4.69, 9.17) is 27.3 Å². The maximum Gasteiger partial charge on any atom is 0.357 e. The summed E-state index contributed by atoms with van der Waals surface area (Å²) in [6.45, 7) is 0. The highest BCUT2D eigenvalue weighted by atomic mass is 35.5. The van der Waals surface area contributed by atoms with E-state index < -0.39 is 5.97 Å². The van der Waals surface area contributed by atoms with Gasteiger partial charge in [0.15, 0.2) is 5.69 Å². The molecule has 0 bridgehead atoms. The molecule has 8 nitrogen and oxygen atoms in total. The van der Waals surface area contributed by atoms with Gasteiger partial charge in [0.2, 0.25) is 0 Å². The maximum absolute atomic E-state index is 12.0. The third-order valence-electron chi connectivity index (χ3n) is 3.42. The van der Waals surface area contributed by atoms with E-state index >= 15 is 0 Å². The Bertz CT molecular complexity index is 955. The van der Waals surface area contributed by atoms with Gasteiger partial charge in [-0.25, -0.2) is 14.5 Å². The van der Waals surface area contributed by atoms with Gasteiger partial charge in [-0.05, 0) is 18.2 Å². The van der Waals surface area contributed by atoms with Crippen molar-refractivity contribution in [2.24, 2.45) is 0 Å². The molecule has 0 aliphatic rings. The lowest BCUT2D eigenvalue weighted by Gasteiger charge is -2.11. The van der Waals surface area contributed by atoms with E-state index in [0.717, 1.165) is 0 Å². The second-order valence-corrected chi connectivity index (χ2v) is 5.16. The minimum absolute atomic E-state index is 0.0563. The van der Waals surface area contributed by atoms with Crippen molar-refractivity contribution in [3.05, 3.63) is 53.3 Å². The Morgan fingerprint density at radius 1 is 1.46 bits per heavy atom. The summed E-state index contributed by atoms with van der Waals surface area (Å²) in [6.07, 6.45) is 4.37. The first-order valence-corrected chi connectivity index (χ1v) is 7.08. The van der Waals surface area contributed by atoms with Gasteiger partial charge in [-0.1, -0.05) is 11.6 Å². The Morgan fingerprint density at radius 2 is 2.25 bits per heavy atom. The predicted molar refractivity (Wildman–Crippen MR) is 86.2 cm³/mol. The van der Waals surface area contributed by atoms with E-state index in [1.54, 1.807) is 18.2 Å². The lowest BCUT2D eigenvalue weighted by atomic mass is 10.2. The molecule has 0 saturated carbocycles. The molecule has 2 aromatic heterocycles. The highest BCUT2D eigenvalue weighted by Crippen LogP contribution is 2.28. The molecule has 120 valence electrons. The van der Waals surface area contributed by atoms with Gasteiger partial charge in [0, 0.05) is 11.9 Å². The molecular weight excluding hydrogens is 332 g/mol. The highest BCUT2D eigenvalue weighted by Gasteiger charge is 2.22. The number of methoxy groups -OCH3 is 1. The number of esters is 1. The van der Waals surface area contributed by atoms with Crippen molar-refractivity contribution in [1.29, 1.82) is 5.26 Å². The Labute approximate surface area is 141 Å². The fourth-order valence-corrected chi connectivity index (χ4v) is 2.54. The molecule has 24 heavy (non-hydrogen) atoms. The Balaban J connectivity index is 2.15. The molecule has 9 heteroatoms. The van der Waals surface area contributed by atoms with Crippen LogP contribution in [0.25, 0.3) is 11.4 Å². The number of halogens is 1. The zero-order chi connectivity index (χ0) is 17.3. The van der Waals surface area contributed by atoms with E-state index in [9.17, 15) is 4.79 Å². The number of nitrogens with zero attached hydrogens (tertiary/aromatic N) is 5. The van der Waals surface area contributed by atoms with Crippen LogP contribution in [0.15, 0.2) is 37.1 Å². The van der Waals surface area contributed by atoms with Gasteiger partial charge in [-0.15, -0.1) is 0 Å². The number of aromatic nitrogens is 4. The van der Waals surface area contributed by atoms with Gasteiger partial charge in [0.25, 0.3) is 0 Å². The zero-order valence-corrected chi connectivity index (χ0v) is 13.2. The number of nitriles is 1. The second kappa shape index (κ2) is 6.06. The lowest BCUT2D eigenvalue weighted by Crippen LogP contribution is -2.11. The van der Waals surface area contributed by atoms with Crippen molar-refractivity contribution in [3.63, 3.8) is 0 Å². The zero-order valence-electron chi connectivity index (χ0n) is 12.5. The van der Waals surface area contributed by atoms with Crippen molar-refractivity contribution >= 4 is 23.3 Å². The number of anilines is 1. The van der Waals surface area contributed by atoms with Gasteiger partial charge in [-0.3, -0.25) is 0 Å². The van der Waals surface area contributed by atoms with Gasteiger partial charge in [-0.2, -0.15) is 10.4 Å². The molecule has 0 spiro atoms. The summed E-state index contributed by atoms with van der Waals surface area (Å²) in [5, 5.41) is 13.5. The van der Waals surface area contributed by atoms with Crippen LogP contribution in [0.2, 0.25) is 5.02 Å². The third kappa shape index (κ3) is 2.47. The monoisotopic (exact) mass is 342 g/mol. The quantitative estimate of drug-likeness (QED) is 0.728. The Morgan fingerprint density at radius 3 is 2.83 bits per heavy atom. The molecule has 0 radical (unpaired) electrons. The molecule has 0 amide bonds. The number of nitrogen functional groups attached to an aromatic ring is 1. The molecule has 0 aliphatic carbocycles. The van der Waals surface area contributed by atoms with Crippen LogP contribution in [0.5, 0.6) is 0 Å². The molecular formula is C15H11ClN6O2. The summed E-state index contributed by atoms with van der Waals surface area (Å²) in [6, 6.07) is 7.01. The average molecular weight is 343 g/mol. The number of nitrogens with two attached hydrogens (primary N) is 1. The van der Waals surface area contributed by atoms with Crippen LogP contribution in [0.4, 0.5) is 5.69 Å². The van der Waals surface area contributed by atoms with Crippen LogP contribution in [0.1, 0.15) is 16.1 Å². The van der Waals surface area contributed by atoms with Gasteiger partial charge < -0.3 is 15.0 Å². The van der Waals surface area contributed by atoms with Gasteiger partial charge in [0.1, 0.15) is 18.7 Å². The summed E-state index contributed by atoms with van der Waals surface area (Å²) >= 11 is 6.30. The molecule has 0 fully saturated rings. The van der Waals surface area contributed by atoms with E-state index in [-0.39, 0.29) is 16.9 Å². The topological polar surface area (TPSA) is 112 Å². The van der Waals surface area contributed by atoms with Crippen LogP contribution >= 0.6 is 11.6 Å². The molecule has 2 heterocycles. The number of carbonyl (C=O) groups excluding carboxylic acids is 1. The molecule has 0 unspecified atom stereocenters. The van der Waals surface area contributed by atoms with Crippen molar-refractivity contribution in [1.82, 2.24) is 19.3 Å². The van der Waals surface area contributed by atoms with E-state index in [0.29, 0.717) is 16.4 Å². The predicted octanol–water partition coefficient (Wildman–Crippen LogP) is 1.95. The minimum atomic E-state index is -0.648. The first kappa shape index (κ1) is 15.6. The SMILES string of the molecule is COC(=O)c1c(N)c(C#N)cn1-c1ccc(-n2cncn2)c(Cl)c1. The van der Waals surface area contributed by atoms with Gasteiger partial charge >= 0.3 is 5.97 Å². The number of rotatable bonds is 3. The molecule has 0 saturated heterocycles. The number of benzene rings is 1. The summed E-state index contributed by atoms with van der Waals surface area (Å²) in [4.78, 5) is 15.9. The van der Waals surface area contributed by atoms with Crippen molar-refractivity contribution in [2.45, 2.75) is 0 Å². The number of hydrogen-bond donors (Lipinski definition) is 1. The Kier molecular flexibility index (Phi) is 3.93. The normalized spacial score (nSPS) is 10.4. The molecule has 3 aromatic rings. The van der Waals surface area contributed by atoms with Crippen LogP contribution in [0.3, 0.4) is 0 Å². The summed E-state index contributed by atoms with van der Waals surface area (Å²) in [5.74, 6) is -0.648. The molecule has 0 aliphatic heterocycles. The summed E-state index contributed by atoms with van der Waals surface area (Å²) in [7, 11) is 1.24. The second-order valence-electron chi connectivity index (χ2n) is 4.75. The molecule has 2 N–H and O–H groups in total. The van der Waals surface area contributed by atoms with Crippen molar-refractivity contribution in [2.75, 3.05) is 12.8 Å². The smallest absolute Gasteiger partial charge is 0.357 e. The standard InChI is InChI=1S/C15H11ClN6O2/c1-24-15(23)14-13(18)9(5-17)6-21(14)10-2-3-12(11(16)4-10)22-8-19-7-20-22/h2-4,6-8H,18H2,1H3. The first-order valence-electron chi connectivity index (χ1n) is 6.71. The number of carbonyl (C=O) groups is 1. The summed E-state index contributed by atoms with van der Waals surface area (Å²) < 4.78 is 7.73. The highest BCUT2D eigenvalue weighted by molar-refractivity contribution is 6.32. The average Bonchev–Trinajstić information content (AvgIpc) is 3.21. The Hall–Kier alpha value is -3.31. The fraction of sp³-hybridized carbons (Fsp3) is 0.0667. The minimum Gasteiger partial charge on any atom is -0.464 e. The maximum atomic E-state index is 12.0. The van der Waals surface area contributed by atoms with Crippen LogP contribution in [-0.2, 0) is 4.74 Å². The van der Waals surface area contributed by atoms with Crippen LogP contribution in [0, 0.1) is 11.3 Å². The fourth-order valence-electron chi connectivity index (χ4n) is 2.28. The number of hydrogen-bond acceptors (Lipinski definition) is 6. The largest absolute Gasteiger partial charge is 0.464 e.